The monoisotopic (exact) mass is 510 g/mol. The molecule has 37 heavy (non-hydrogen) atoms. The second-order valence-electron chi connectivity index (χ2n) is 11.6. The molecule has 0 amide bonds. The standard InChI is InChI=1S/C28H30O9/c1-13(2)27-22(36-27)11-26(32)19-9-8-15-18(12-33-23(15)30)17(19)10-21-28(26,37-21)25(27)35-24(31)16-6-4-5-7-20(16)34-14(3)29/h4-7,13,17,19,21-22,25,32H,8-12H2,1-3H3. The lowest BCUT2D eigenvalue weighted by Crippen LogP contribution is -2.71. The van der Waals surface area contributed by atoms with Gasteiger partial charge < -0.3 is 28.8 Å². The number of rotatable bonds is 4. The lowest BCUT2D eigenvalue weighted by Gasteiger charge is -2.54. The van der Waals surface area contributed by atoms with Gasteiger partial charge in [-0.05, 0) is 54.7 Å². The van der Waals surface area contributed by atoms with Gasteiger partial charge in [0.15, 0.2) is 11.7 Å². The maximum absolute atomic E-state index is 13.6. The molecule has 8 atom stereocenters. The van der Waals surface area contributed by atoms with Crippen molar-refractivity contribution in [2.75, 3.05) is 6.61 Å². The Balaban J connectivity index is 1.27. The van der Waals surface area contributed by atoms with Gasteiger partial charge in [0.1, 0.15) is 29.1 Å². The summed E-state index contributed by atoms with van der Waals surface area (Å²) in [6.45, 7) is 5.59. The van der Waals surface area contributed by atoms with Crippen molar-refractivity contribution in [3.05, 3.63) is 41.0 Å². The second kappa shape index (κ2) is 7.42. The summed E-state index contributed by atoms with van der Waals surface area (Å²) >= 11 is 0. The number of fused-ring (bicyclic) bond motifs is 4. The Labute approximate surface area is 214 Å². The number of hydrogen-bond acceptors (Lipinski definition) is 9. The Hall–Kier alpha value is -2.75. The summed E-state index contributed by atoms with van der Waals surface area (Å²) in [6.07, 6.45) is 0.722. The second-order valence-corrected chi connectivity index (χ2v) is 11.6. The number of ether oxygens (including phenoxy) is 5. The number of carbonyl (C=O) groups is 3. The number of esters is 3. The van der Waals surface area contributed by atoms with E-state index < -0.39 is 34.8 Å². The first-order chi connectivity index (χ1) is 17.6. The third-order valence-electron chi connectivity index (χ3n) is 9.72. The highest BCUT2D eigenvalue weighted by molar-refractivity contribution is 5.94. The van der Waals surface area contributed by atoms with Gasteiger partial charge in [-0.15, -0.1) is 0 Å². The Morgan fingerprint density at radius 2 is 1.95 bits per heavy atom. The van der Waals surface area contributed by atoms with Gasteiger partial charge >= 0.3 is 17.9 Å². The van der Waals surface area contributed by atoms with E-state index in [9.17, 15) is 19.5 Å². The molecule has 196 valence electrons. The summed E-state index contributed by atoms with van der Waals surface area (Å²) in [5.74, 6) is -1.52. The van der Waals surface area contributed by atoms with Crippen LogP contribution in [0.4, 0.5) is 0 Å². The van der Waals surface area contributed by atoms with E-state index in [-0.39, 0.29) is 53.9 Å². The molecule has 1 N–H and O–H groups in total. The fourth-order valence-corrected chi connectivity index (χ4v) is 8.06. The lowest BCUT2D eigenvalue weighted by molar-refractivity contribution is -0.176. The minimum Gasteiger partial charge on any atom is -0.458 e. The van der Waals surface area contributed by atoms with Crippen LogP contribution in [0.15, 0.2) is 35.4 Å². The van der Waals surface area contributed by atoms with Crippen molar-refractivity contribution in [1.29, 1.82) is 0 Å². The smallest absolute Gasteiger partial charge is 0.342 e. The highest BCUT2D eigenvalue weighted by Crippen LogP contribution is 2.73. The summed E-state index contributed by atoms with van der Waals surface area (Å²) in [5, 5.41) is 12.5. The molecule has 0 radical (unpaired) electrons. The molecule has 7 rings (SSSR count). The molecule has 8 unspecified atom stereocenters. The third-order valence-corrected chi connectivity index (χ3v) is 9.72. The zero-order chi connectivity index (χ0) is 25.9. The number of epoxide rings is 2. The van der Waals surface area contributed by atoms with Crippen LogP contribution in [0.25, 0.3) is 0 Å². The first kappa shape index (κ1) is 23.4. The van der Waals surface area contributed by atoms with Crippen molar-refractivity contribution < 1.29 is 43.2 Å². The van der Waals surface area contributed by atoms with Crippen LogP contribution < -0.4 is 4.74 Å². The number of benzene rings is 1. The molecule has 1 spiro atoms. The van der Waals surface area contributed by atoms with E-state index in [0.29, 0.717) is 25.7 Å². The molecule has 0 aromatic heterocycles. The molecule has 2 saturated carbocycles. The Bertz CT molecular complexity index is 1270. The molecule has 1 aromatic carbocycles. The molecule has 9 heteroatoms. The maximum Gasteiger partial charge on any atom is 0.342 e. The van der Waals surface area contributed by atoms with Gasteiger partial charge in [-0.1, -0.05) is 26.0 Å². The van der Waals surface area contributed by atoms with Crippen molar-refractivity contribution >= 4 is 17.9 Å². The lowest BCUT2D eigenvalue weighted by atomic mass is 9.51. The topological polar surface area (TPSA) is 124 Å². The van der Waals surface area contributed by atoms with Gasteiger partial charge in [-0.25, -0.2) is 9.59 Å². The van der Waals surface area contributed by atoms with Crippen molar-refractivity contribution in [3.63, 3.8) is 0 Å². The normalized spacial score (nSPS) is 42.5. The van der Waals surface area contributed by atoms with Crippen LogP contribution in [0.2, 0.25) is 0 Å². The van der Waals surface area contributed by atoms with Crippen molar-refractivity contribution in [3.8, 4) is 5.75 Å². The number of carbonyl (C=O) groups excluding carboxylic acids is 3. The predicted octanol–water partition coefficient (Wildman–Crippen LogP) is 2.49. The van der Waals surface area contributed by atoms with Crippen LogP contribution in [0.5, 0.6) is 5.75 Å². The van der Waals surface area contributed by atoms with E-state index in [2.05, 4.69) is 0 Å². The van der Waals surface area contributed by atoms with Gasteiger partial charge in [-0.3, -0.25) is 4.79 Å². The molecule has 6 aliphatic rings. The quantitative estimate of drug-likeness (QED) is 0.370. The first-order valence-corrected chi connectivity index (χ1v) is 13.1. The highest BCUT2D eigenvalue weighted by Gasteiger charge is 2.90. The van der Waals surface area contributed by atoms with E-state index >= 15 is 0 Å². The largest absolute Gasteiger partial charge is 0.458 e. The molecule has 4 fully saturated rings. The van der Waals surface area contributed by atoms with Gasteiger partial charge in [0.2, 0.25) is 0 Å². The molecular weight excluding hydrogens is 480 g/mol. The van der Waals surface area contributed by atoms with Crippen LogP contribution in [-0.2, 0) is 28.5 Å². The van der Waals surface area contributed by atoms with Crippen molar-refractivity contribution in [2.45, 2.75) is 81.6 Å². The summed E-state index contributed by atoms with van der Waals surface area (Å²) in [6, 6.07) is 6.44. The Morgan fingerprint density at radius 1 is 1.16 bits per heavy atom. The van der Waals surface area contributed by atoms with Crippen LogP contribution in [0.1, 0.15) is 56.8 Å². The molecule has 3 aliphatic heterocycles. The van der Waals surface area contributed by atoms with E-state index in [1.165, 1.54) is 6.92 Å². The third kappa shape index (κ3) is 2.88. The summed E-state index contributed by atoms with van der Waals surface area (Å²) in [4.78, 5) is 37.4. The highest BCUT2D eigenvalue weighted by atomic mass is 16.7. The van der Waals surface area contributed by atoms with Gasteiger partial charge in [-0.2, -0.15) is 0 Å². The van der Waals surface area contributed by atoms with Crippen molar-refractivity contribution in [1.82, 2.24) is 0 Å². The SMILES string of the molecule is CC(=O)Oc1ccccc1C(=O)OC1C2(C(C)C)OC2CC2(O)C3CCC4=C(COC4=O)C3CC3OC312. The summed E-state index contributed by atoms with van der Waals surface area (Å²) < 4.78 is 29.6. The van der Waals surface area contributed by atoms with Crippen LogP contribution >= 0.6 is 0 Å². The molecule has 9 nitrogen and oxygen atoms in total. The van der Waals surface area contributed by atoms with Gasteiger partial charge in [0.05, 0.1) is 12.2 Å². The Morgan fingerprint density at radius 3 is 2.70 bits per heavy atom. The Kier molecular flexibility index (Phi) is 4.69. The van der Waals surface area contributed by atoms with Gasteiger partial charge in [0, 0.05) is 18.9 Å². The van der Waals surface area contributed by atoms with E-state index in [1.54, 1.807) is 24.3 Å². The number of para-hydroxylation sites is 1. The molecule has 3 heterocycles. The van der Waals surface area contributed by atoms with Gasteiger partial charge in [0.25, 0.3) is 0 Å². The number of aliphatic hydroxyl groups is 1. The van der Waals surface area contributed by atoms with Crippen LogP contribution in [0, 0.1) is 17.8 Å². The average molecular weight is 511 g/mol. The first-order valence-electron chi connectivity index (χ1n) is 13.1. The summed E-state index contributed by atoms with van der Waals surface area (Å²) in [5.41, 5.74) is -1.30. The number of cyclic esters (lactones) is 1. The zero-order valence-corrected chi connectivity index (χ0v) is 21.0. The molecule has 0 bridgehead atoms. The van der Waals surface area contributed by atoms with Crippen LogP contribution in [-0.4, -0.2) is 64.7 Å². The van der Waals surface area contributed by atoms with Crippen LogP contribution in [0.3, 0.4) is 0 Å². The van der Waals surface area contributed by atoms with E-state index in [1.807, 2.05) is 13.8 Å². The molecular formula is C28H30O9. The minimum atomic E-state index is -1.29. The molecule has 2 saturated heterocycles. The average Bonchev–Trinajstić information content (AvgIpc) is 3.73. The fraction of sp³-hybridized carbons (Fsp3) is 0.607. The summed E-state index contributed by atoms with van der Waals surface area (Å²) in [7, 11) is 0. The number of hydrogen-bond donors (Lipinski definition) is 1. The van der Waals surface area contributed by atoms with E-state index in [0.717, 1.165) is 11.1 Å². The molecule has 3 aliphatic carbocycles. The van der Waals surface area contributed by atoms with Crippen molar-refractivity contribution in [2.24, 2.45) is 17.8 Å². The predicted molar refractivity (Wildman–Crippen MR) is 125 cm³/mol. The maximum atomic E-state index is 13.6. The fourth-order valence-electron chi connectivity index (χ4n) is 8.06. The molecule has 1 aromatic rings. The minimum absolute atomic E-state index is 0.00188. The zero-order valence-electron chi connectivity index (χ0n) is 21.0. The van der Waals surface area contributed by atoms with E-state index in [4.69, 9.17) is 23.7 Å².